The molecule has 236 valence electrons. The first-order chi connectivity index (χ1) is 22.0. The van der Waals surface area contributed by atoms with Gasteiger partial charge in [-0.3, -0.25) is 24.2 Å². The second-order valence-corrected chi connectivity index (χ2v) is 10.8. The second kappa shape index (κ2) is 14.8. The van der Waals surface area contributed by atoms with E-state index < -0.39 is 27.3 Å². The fourth-order valence-corrected chi connectivity index (χ4v) is 3.95. The summed E-state index contributed by atoms with van der Waals surface area (Å²) in [6.45, 7) is 0. The van der Waals surface area contributed by atoms with Crippen molar-refractivity contribution in [2.75, 3.05) is 18.6 Å². The SMILES string of the molecule is CNc1ccc(Oc2cc3cn[nH]c3cc2-c2ccncc2)c(F)c1.CS(=O)(=O)O.O=Cc1ccnn(-c2ccc(F)cc2)c1=O. The van der Waals surface area contributed by atoms with E-state index in [9.17, 15) is 26.8 Å². The van der Waals surface area contributed by atoms with Crippen LogP contribution >= 0.6 is 0 Å². The van der Waals surface area contributed by atoms with Crippen LogP contribution in [0.4, 0.5) is 14.5 Å². The van der Waals surface area contributed by atoms with E-state index in [1.165, 1.54) is 42.6 Å². The molecule has 6 aromatic rings. The van der Waals surface area contributed by atoms with Gasteiger partial charge in [-0.2, -0.15) is 23.3 Å². The van der Waals surface area contributed by atoms with Crippen LogP contribution in [-0.4, -0.2) is 57.5 Å². The number of aromatic nitrogens is 5. The Bertz CT molecular complexity index is 2110. The van der Waals surface area contributed by atoms with Gasteiger partial charge in [-0.25, -0.2) is 8.78 Å². The monoisotopic (exact) mass is 648 g/mol. The third-order valence-corrected chi connectivity index (χ3v) is 6.05. The Balaban J connectivity index is 0.000000196. The van der Waals surface area contributed by atoms with Crippen molar-refractivity contribution in [1.29, 1.82) is 0 Å². The lowest BCUT2D eigenvalue weighted by atomic mass is 10.0. The van der Waals surface area contributed by atoms with E-state index in [0.717, 1.165) is 26.7 Å². The molecule has 0 amide bonds. The highest BCUT2D eigenvalue weighted by Gasteiger charge is 2.13. The summed E-state index contributed by atoms with van der Waals surface area (Å²) in [5.41, 5.74) is 3.22. The minimum absolute atomic E-state index is 0.0133. The molecule has 0 bridgehead atoms. The van der Waals surface area contributed by atoms with Crippen LogP contribution in [0.5, 0.6) is 11.5 Å². The third kappa shape index (κ3) is 8.87. The minimum Gasteiger partial charge on any atom is -0.454 e. The molecule has 0 aliphatic rings. The Hall–Kier alpha value is -5.80. The maximum absolute atomic E-state index is 14.3. The number of hydrogen-bond donors (Lipinski definition) is 3. The van der Waals surface area contributed by atoms with Gasteiger partial charge in [0.05, 0.1) is 29.2 Å². The Kier molecular flexibility index (Phi) is 10.6. The zero-order chi connectivity index (χ0) is 33.3. The van der Waals surface area contributed by atoms with Gasteiger partial charge in [0, 0.05) is 48.3 Å². The minimum atomic E-state index is -3.67. The van der Waals surface area contributed by atoms with Gasteiger partial charge < -0.3 is 10.1 Å². The zero-order valence-corrected chi connectivity index (χ0v) is 25.1. The maximum atomic E-state index is 14.3. The topological polar surface area (TPSA) is 169 Å². The van der Waals surface area contributed by atoms with Crippen LogP contribution < -0.4 is 15.6 Å². The summed E-state index contributed by atoms with van der Waals surface area (Å²) in [5, 5.41) is 14.6. The number of nitrogens with one attached hydrogen (secondary N) is 2. The lowest BCUT2D eigenvalue weighted by Crippen LogP contribution is -2.23. The number of rotatable bonds is 6. The first kappa shape index (κ1) is 33.1. The maximum Gasteiger partial charge on any atom is 0.282 e. The molecule has 3 aromatic heterocycles. The molecule has 15 heteroatoms. The third-order valence-electron chi connectivity index (χ3n) is 6.05. The molecule has 0 atom stereocenters. The van der Waals surface area contributed by atoms with Crippen LogP contribution in [0.25, 0.3) is 27.7 Å². The van der Waals surface area contributed by atoms with Crippen molar-refractivity contribution in [3.63, 3.8) is 0 Å². The van der Waals surface area contributed by atoms with E-state index in [1.54, 1.807) is 37.8 Å². The summed E-state index contributed by atoms with van der Waals surface area (Å²) in [5.74, 6) is -0.114. The number of ether oxygens (including phenoxy) is 1. The van der Waals surface area contributed by atoms with Crippen molar-refractivity contribution < 1.29 is 31.3 Å². The number of halogens is 2. The van der Waals surface area contributed by atoms with Crippen molar-refractivity contribution >= 4 is 33.0 Å². The number of H-pyrrole nitrogens is 1. The van der Waals surface area contributed by atoms with Gasteiger partial charge in [-0.05, 0) is 72.3 Å². The highest BCUT2D eigenvalue weighted by atomic mass is 32.2. The van der Waals surface area contributed by atoms with E-state index in [1.807, 2.05) is 24.3 Å². The molecule has 0 spiro atoms. The van der Waals surface area contributed by atoms with Gasteiger partial charge in [-0.15, -0.1) is 0 Å². The number of aldehydes is 1. The Morgan fingerprint density at radius 1 is 0.957 bits per heavy atom. The number of aromatic amines is 1. The summed E-state index contributed by atoms with van der Waals surface area (Å²) in [7, 11) is -1.93. The summed E-state index contributed by atoms with van der Waals surface area (Å²) in [4.78, 5) is 26.3. The molecule has 0 aliphatic carbocycles. The first-order valence-electron chi connectivity index (χ1n) is 13.2. The highest BCUT2D eigenvalue weighted by Crippen LogP contribution is 2.37. The summed E-state index contributed by atoms with van der Waals surface area (Å²) >= 11 is 0. The molecular formula is C31H26F2N6O6S. The molecule has 3 N–H and O–H groups in total. The van der Waals surface area contributed by atoms with Crippen LogP contribution in [-0.2, 0) is 10.1 Å². The second-order valence-electron chi connectivity index (χ2n) is 9.37. The number of pyridine rings is 1. The lowest BCUT2D eigenvalue weighted by molar-refractivity contribution is 0.112. The van der Waals surface area contributed by atoms with Crippen molar-refractivity contribution in [1.82, 2.24) is 25.0 Å². The van der Waals surface area contributed by atoms with Crippen molar-refractivity contribution in [2.45, 2.75) is 0 Å². The molecule has 12 nitrogen and oxygen atoms in total. The Morgan fingerprint density at radius 2 is 1.65 bits per heavy atom. The summed E-state index contributed by atoms with van der Waals surface area (Å²) in [6, 6.07) is 18.9. The molecule has 0 fully saturated rings. The molecule has 0 radical (unpaired) electrons. The number of benzene rings is 3. The molecular weight excluding hydrogens is 622 g/mol. The number of carbonyl (C=O) groups excluding carboxylic acids is 1. The van der Waals surface area contributed by atoms with Gasteiger partial charge in [0.2, 0.25) is 0 Å². The van der Waals surface area contributed by atoms with Crippen LogP contribution in [0.2, 0.25) is 0 Å². The van der Waals surface area contributed by atoms with Gasteiger partial charge in [-0.1, -0.05) is 0 Å². The number of hydrogen-bond acceptors (Lipinski definition) is 9. The molecule has 3 aromatic carbocycles. The van der Waals surface area contributed by atoms with Crippen LogP contribution in [0.3, 0.4) is 0 Å². The van der Waals surface area contributed by atoms with E-state index in [2.05, 4.69) is 25.6 Å². The lowest BCUT2D eigenvalue weighted by Gasteiger charge is -2.13. The smallest absolute Gasteiger partial charge is 0.282 e. The van der Waals surface area contributed by atoms with E-state index in [4.69, 9.17) is 9.29 Å². The van der Waals surface area contributed by atoms with Crippen molar-refractivity contribution in [3.05, 3.63) is 125 Å². The molecule has 46 heavy (non-hydrogen) atoms. The van der Waals surface area contributed by atoms with Gasteiger partial charge in [0.1, 0.15) is 11.6 Å². The van der Waals surface area contributed by atoms with Gasteiger partial charge in [0.15, 0.2) is 17.9 Å². The predicted molar refractivity (Wildman–Crippen MR) is 168 cm³/mol. The van der Waals surface area contributed by atoms with Crippen molar-refractivity contribution in [2.24, 2.45) is 0 Å². The Morgan fingerprint density at radius 3 is 2.28 bits per heavy atom. The average molecular weight is 649 g/mol. The largest absolute Gasteiger partial charge is 0.454 e. The zero-order valence-electron chi connectivity index (χ0n) is 24.3. The molecule has 6 rings (SSSR count). The molecule has 3 heterocycles. The molecule has 0 unspecified atom stereocenters. The Labute approximate surface area is 261 Å². The predicted octanol–water partition coefficient (Wildman–Crippen LogP) is 5.29. The molecule has 0 saturated heterocycles. The quantitative estimate of drug-likeness (QED) is 0.159. The number of carbonyl (C=O) groups is 1. The summed E-state index contributed by atoms with van der Waals surface area (Å²) in [6.07, 6.45) is 7.64. The highest BCUT2D eigenvalue weighted by molar-refractivity contribution is 7.85. The normalized spacial score (nSPS) is 10.6. The van der Waals surface area contributed by atoms with Crippen LogP contribution in [0.15, 0.2) is 102 Å². The molecule has 0 aliphatic heterocycles. The van der Waals surface area contributed by atoms with Crippen molar-refractivity contribution in [3.8, 4) is 28.3 Å². The van der Waals surface area contributed by atoms with E-state index in [0.29, 0.717) is 29.7 Å². The average Bonchev–Trinajstić information content (AvgIpc) is 3.50. The van der Waals surface area contributed by atoms with Crippen LogP contribution in [0.1, 0.15) is 10.4 Å². The molecule has 0 saturated carbocycles. The fourth-order valence-electron chi connectivity index (χ4n) is 3.95. The summed E-state index contributed by atoms with van der Waals surface area (Å²) < 4.78 is 59.8. The number of nitrogens with zero attached hydrogens (tertiary/aromatic N) is 4. The van der Waals surface area contributed by atoms with E-state index in [-0.39, 0.29) is 11.3 Å². The number of anilines is 1. The van der Waals surface area contributed by atoms with Gasteiger partial charge >= 0.3 is 0 Å². The van der Waals surface area contributed by atoms with Gasteiger partial charge in [0.25, 0.3) is 15.7 Å². The number of fused-ring (bicyclic) bond motifs is 1. The standard InChI is InChI=1S/C19H15FN4O.C11H7FN2O2.CH4O3S/c1-21-14-2-3-18(16(20)9-14)25-19-8-13-11-23-24-17(13)10-15(19)12-4-6-22-7-5-12;12-9-1-3-10(4-2-9)14-11(16)8(7-15)5-6-13-14;1-5(2,3)4/h2-11,21H,1H3,(H,23,24);1-7H;1H3,(H,2,3,4). The van der Waals surface area contributed by atoms with Crippen LogP contribution in [0, 0.1) is 11.6 Å². The first-order valence-corrected chi connectivity index (χ1v) is 15.1. The fraction of sp³-hybridized carbons (Fsp3) is 0.0645. The van der Waals surface area contributed by atoms with E-state index >= 15 is 0 Å².